The van der Waals surface area contributed by atoms with Crippen molar-refractivity contribution >= 4 is 11.7 Å². The average molecular weight is 327 g/mol. The highest BCUT2D eigenvalue weighted by Gasteiger charge is 2.27. The molecular formula is C17H21N5O2. The number of carbonyl (C=O) groups excluding carboxylic acids is 1. The number of amides is 1. The molecule has 3 rings (SSSR count). The number of aliphatic hydroxyl groups is 1. The maximum absolute atomic E-state index is 12.1. The van der Waals surface area contributed by atoms with Crippen molar-refractivity contribution in [1.82, 2.24) is 19.9 Å². The number of carbonyl (C=O) groups is 1. The summed E-state index contributed by atoms with van der Waals surface area (Å²) in [5.41, 5.74) is 2.78. The molecule has 1 aliphatic rings. The highest BCUT2D eigenvalue weighted by Crippen LogP contribution is 2.28. The summed E-state index contributed by atoms with van der Waals surface area (Å²) in [6.45, 7) is 2.45. The van der Waals surface area contributed by atoms with Crippen LogP contribution in [-0.2, 0) is 17.8 Å². The lowest BCUT2D eigenvalue weighted by molar-refractivity contribution is -0.140. The fourth-order valence-corrected chi connectivity index (χ4v) is 2.86. The SMILES string of the molecule is C[C@@H](O)C(=O)N1CCc2c(nc(-c3ccncc3)nc2N(C)C)C1. The molecule has 1 N–H and O–H groups in total. The molecule has 0 radical (unpaired) electrons. The van der Waals surface area contributed by atoms with E-state index in [1.165, 1.54) is 6.92 Å². The van der Waals surface area contributed by atoms with Crippen LogP contribution in [0.25, 0.3) is 11.4 Å². The van der Waals surface area contributed by atoms with E-state index in [2.05, 4.69) is 9.97 Å². The van der Waals surface area contributed by atoms with Crippen molar-refractivity contribution in [3.05, 3.63) is 35.8 Å². The number of anilines is 1. The minimum atomic E-state index is -0.999. The molecule has 0 aliphatic carbocycles. The first kappa shape index (κ1) is 16.3. The topological polar surface area (TPSA) is 82.4 Å². The van der Waals surface area contributed by atoms with Crippen molar-refractivity contribution in [2.45, 2.75) is 26.0 Å². The number of nitrogens with zero attached hydrogens (tertiary/aromatic N) is 5. The van der Waals surface area contributed by atoms with Crippen LogP contribution in [0.2, 0.25) is 0 Å². The van der Waals surface area contributed by atoms with Crippen LogP contribution >= 0.6 is 0 Å². The number of fused-ring (bicyclic) bond motifs is 1. The van der Waals surface area contributed by atoms with E-state index in [0.717, 1.165) is 22.6 Å². The summed E-state index contributed by atoms with van der Waals surface area (Å²) in [7, 11) is 3.90. The van der Waals surface area contributed by atoms with Crippen LogP contribution in [0.1, 0.15) is 18.2 Å². The van der Waals surface area contributed by atoms with Gasteiger partial charge in [-0.05, 0) is 25.5 Å². The predicted molar refractivity (Wildman–Crippen MR) is 90.4 cm³/mol. The van der Waals surface area contributed by atoms with E-state index >= 15 is 0 Å². The van der Waals surface area contributed by atoms with Gasteiger partial charge in [0, 0.05) is 44.2 Å². The Kier molecular flexibility index (Phi) is 4.44. The summed E-state index contributed by atoms with van der Waals surface area (Å²) < 4.78 is 0. The van der Waals surface area contributed by atoms with Gasteiger partial charge >= 0.3 is 0 Å². The lowest BCUT2D eigenvalue weighted by atomic mass is 10.0. The van der Waals surface area contributed by atoms with Crippen molar-refractivity contribution in [2.24, 2.45) is 0 Å². The Labute approximate surface area is 141 Å². The second-order valence-corrected chi connectivity index (χ2v) is 6.11. The number of hydrogen-bond donors (Lipinski definition) is 1. The summed E-state index contributed by atoms with van der Waals surface area (Å²) in [4.78, 5) is 29.1. The van der Waals surface area contributed by atoms with E-state index in [9.17, 15) is 9.90 Å². The van der Waals surface area contributed by atoms with E-state index in [-0.39, 0.29) is 5.91 Å². The normalized spacial score (nSPS) is 14.9. The first-order valence-electron chi connectivity index (χ1n) is 7.91. The van der Waals surface area contributed by atoms with Gasteiger partial charge in [-0.2, -0.15) is 0 Å². The summed E-state index contributed by atoms with van der Waals surface area (Å²) >= 11 is 0. The van der Waals surface area contributed by atoms with Crippen LogP contribution in [0.4, 0.5) is 5.82 Å². The Hall–Kier alpha value is -2.54. The summed E-state index contributed by atoms with van der Waals surface area (Å²) in [5, 5.41) is 9.56. The van der Waals surface area contributed by atoms with Gasteiger partial charge in [0.2, 0.25) is 0 Å². The number of hydrogen-bond acceptors (Lipinski definition) is 6. The Bertz CT molecular complexity index is 746. The quantitative estimate of drug-likeness (QED) is 0.901. The number of aromatic nitrogens is 3. The third-order valence-electron chi connectivity index (χ3n) is 4.07. The average Bonchev–Trinajstić information content (AvgIpc) is 2.60. The molecule has 1 amide bonds. The third-order valence-corrected chi connectivity index (χ3v) is 4.07. The zero-order chi connectivity index (χ0) is 17.3. The molecule has 0 unspecified atom stereocenters. The number of rotatable bonds is 3. The molecule has 0 spiro atoms. The number of pyridine rings is 1. The molecule has 7 heteroatoms. The van der Waals surface area contributed by atoms with Gasteiger partial charge in [-0.1, -0.05) is 0 Å². The molecule has 24 heavy (non-hydrogen) atoms. The first-order chi connectivity index (χ1) is 11.5. The van der Waals surface area contributed by atoms with Crippen molar-refractivity contribution in [2.75, 3.05) is 25.5 Å². The lowest BCUT2D eigenvalue weighted by Crippen LogP contribution is -2.42. The maximum Gasteiger partial charge on any atom is 0.251 e. The van der Waals surface area contributed by atoms with Crippen molar-refractivity contribution < 1.29 is 9.90 Å². The van der Waals surface area contributed by atoms with Crippen LogP contribution < -0.4 is 4.90 Å². The third kappa shape index (κ3) is 3.07. The highest BCUT2D eigenvalue weighted by molar-refractivity contribution is 5.80. The molecule has 3 heterocycles. The molecule has 1 aliphatic heterocycles. The van der Waals surface area contributed by atoms with Gasteiger partial charge in [0.25, 0.3) is 5.91 Å². The van der Waals surface area contributed by atoms with E-state index < -0.39 is 6.10 Å². The van der Waals surface area contributed by atoms with Gasteiger partial charge < -0.3 is 14.9 Å². The molecule has 0 saturated heterocycles. The van der Waals surface area contributed by atoms with E-state index in [1.54, 1.807) is 17.3 Å². The van der Waals surface area contributed by atoms with Crippen LogP contribution in [0.5, 0.6) is 0 Å². The van der Waals surface area contributed by atoms with Gasteiger partial charge in [-0.3, -0.25) is 9.78 Å². The van der Waals surface area contributed by atoms with Gasteiger partial charge in [0.15, 0.2) is 5.82 Å². The predicted octanol–water partition coefficient (Wildman–Crippen LogP) is 0.870. The van der Waals surface area contributed by atoms with Crippen molar-refractivity contribution in [3.63, 3.8) is 0 Å². The number of aliphatic hydroxyl groups excluding tert-OH is 1. The first-order valence-corrected chi connectivity index (χ1v) is 7.91. The molecule has 0 bridgehead atoms. The molecule has 0 aromatic carbocycles. The monoisotopic (exact) mass is 327 g/mol. The Morgan fingerprint density at radius 2 is 2.00 bits per heavy atom. The Morgan fingerprint density at radius 1 is 1.29 bits per heavy atom. The summed E-state index contributed by atoms with van der Waals surface area (Å²) in [6, 6.07) is 3.73. The fraction of sp³-hybridized carbons (Fsp3) is 0.412. The van der Waals surface area contributed by atoms with E-state index in [4.69, 9.17) is 4.98 Å². The van der Waals surface area contributed by atoms with Crippen molar-refractivity contribution in [3.8, 4) is 11.4 Å². The largest absolute Gasteiger partial charge is 0.384 e. The molecule has 0 fully saturated rings. The minimum Gasteiger partial charge on any atom is -0.384 e. The molecular weight excluding hydrogens is 306 g/mol. The Balaban J connectivity index is 2.04. The van der Waals surface area contributed by atoms with E-state index in [0.29, 0.717) is 25.3 Å². The van der Waals surface area contributed by atoms with Gasteiger partial charge in [0.05, 0.1) is 12.2 Å². The summed E-state index contributed by atoms with van der Waals surface area (Å²) in [5.74, 6) is 1.22. The van der Waals surface area contributed by atoms with Crippen LogP contribution in [0, 0.1) is 0 Å². The summed E-state index contributed by atoms with van der Waals surface area (Å²) in [6.07, 6.45) is 3.09. The highest BCUT2D eigenvalue weighted by atomic mass is 16.3. The molecule has 0 saturated carbocycles. The minimum absolute atomic E-state index is 0.267. The second kappa shape index (κ2) is 6.52. The molecule has 7 nitrogen and oxygen atoms in total. The van der Waals surface area contributed by atoms with Gasteiger partial charge in [-0.25, -0.2) is 9.97 Å². The van der Waals surface area contributed by atoms with E-state index in [1.807, 2.05) is 31.1 Å². The lowest BCUT2D eigenvalue weighted by Gasteiger charge is -2.31. The van der Waals surface area contributed by atoms with Gasteiger partial charge in [-0.15, -0.1) is 0 Å². The smallest absolute Gasteiger partial charge is 0.251 e. The standard InChI is InChI=1S/C17H21N5O2/c1-11(23)17(24)22-9-6-13-14(10-22)19-15(20-16(13)21(2)3)12-4-7-18-8-5-12/h4-5,7-8,11,23H,6,9-10H2,1-3H3/t11-/m1/s1. The molecule has 126 valence electrons. The Morgan fingerprint density at radius 3 is 2.62 bits per heavy atom. The second-order valence-electron chi connectivity index (χ2n) is 6.11. The zero-order valence-electron chi connectivity index (χ0n) is 14.1. The van der Waals surface area contributed by atoms with Crippen LogP contribution in [0.3, 0.4) is 0 Å². The van der Waals surface area contributed by atoms with Crippen molar-refractivity contribution in [1.29, 1.82) is 0 Å². The van der Waals surface area contributed by atoms with Gasteiger partial charge in [0.1, 0.15) is 11.9 Å². The molecule has 2 aromatic heterocycles. The molecule has 2 aromatic rings. The molecule has 1 atom stereocenters. The zero-order valence-corrected chi connectivity index (χ0v) is 14.1. The maximum atomic E-state index is 12.1. The fourth-order valence-electron chi connectivity index (χ4n) is 2.86. The van der Waals surface area contributed by atoms with Crippen LogP contribution in [0.15, 0.2) is 24.5 Å². The van der Waals surface area contributed by atoms with Crippen LogP contribution in [-0.4, -0.2) is 57.6 Å².